The Morgan fingerprint density at radius 3 is 2.12 bits per heavy atom. The highest BCUT2D eigenvalue weighted by Crippen LogP contribution is 2.23. The quantitative estimate of drug-likeness (QED) is 0.502. The predicted molar refractivity (Wildman–Crippen MR) is 110 cm³/mol. The summed E-state index contributed by atoms with van der Waals surface area (Å²) in [4.78, 5) is 12.0. The van der Waals surface area contributed by atoms with Crippen LogP contribution in [-0.2, 0) is 4.79 Å². The molecule has 5 heteroatoms. The van der Waals surface area contributed by atoms with Crippen molar-refractivity contribution in [3.63, 3.8) is 0 Å². The second-order valence-corrected chi connectivity index (χ2v) is 6.38. The maximum Gasteiger partial charge on any atom is 0.248 e. The van der Waals surface area contributed by atoms with Crippen molar-refractivity contribution in [1.82, 2.24) is 0 Å². The fraction of sp³-hybridized carbons (Fsp3) is 0. The lowest BCUT2D eigenvalue weighted by Gasteiger charge is -2.07. The Morgan fingerprint density at radius 1 is 0.769 bits per heavy atom. The van der Waals surface area contributed by atoms with Crippen LogP contribution in [0.3, 0.4) is 0 Å². The molecule has 0 saturated carbocycles. The number of hydrogen-bond donors (Lipinski definition) is 2. The van der Waals surface area contributed by atoms with Gasteiger partial charge < -0.3 is 10.6 Å². The van der Waals surface area contributed by atoms with Crippen LogP contribution in [0.15, 0.2) is 78.9 Å². The van der Waals surface area contributed by atoms with Crippen molar-refractivity contribution in [2.24, 2.45) is 0 Å². The summed E-state index contributed by atoms with van der Waals surface area (Å²) in [5.41, 5.74) is 3.47. The SMILES string of the molecule is O=C(C=Cc1ccc(Cl)c(Cl)c1)Nc1ccc(Nc2ccccc2)cc1. The van der Waals surface area contributed by atoms with Crippen molar-refractivity contribution in [1.29, 1.82) is 0 Å². The molecule has 2 N–H and O–H groups in total. The van der Waals surface area contributed by atoms with Gasteiger partial charge >= 0.3 is 0 Å². The van der Waals surface area contributed by atoms with E-state index in [9.17, 15) is 4.79 Å². The molecule has 3 nitrogen and oxygen atoms in total. The molecule has 0 aromatic heterocycles. The third-order valence-corrected chi connectivity index (χ3v) is 4.32. The fourth-order valence-electron chi connectivity index (χ4n) is 2.30. The molecule has 0 unspecified atom stereocenters. The van der Waals surface area contributed by atoms with Crippen molar-refractivity contribution < 1.29 is 4.79 Å². The maximum atomic E-state index is 12.0. The van der Waals surface area contributed by atoms with Gasteiger partial charge in [0.05, 0.1) is 10.0 Å². The molecule has 3 aromatic carbocycles. The summed E-state index contributed by atoms with van der Waals surface area (Å²) in [5, 5.41) is 7.05. The average molecular weight is 383 g/mol. The van der Waals surface area contributed by atoms with Crippen molar-refractivity contribution in [2.75, 3.05) is 10.6 Å². The first-order valence-electron chi connectivity index (χ1n) is 7.96. The van der Waals surface area contributed by atoms with E-state index in [1.54, 1.807) is 24.3 Å². The largest absolute Gasteiger partial charge is 0.356 e. The highest BCUT2D eigenvalue weighted by Gasteiger charge is 2.01. The molecule has 130 valence electrons. The van der Waals surface area contributed by atoms with Gasteiger partial charge in [0, 0.05) is 23.1 Å². The number of hydrogen-bond acceptors (Lipinski definition) is 2. The third-order valence-electron chi connectivity index (χ3n) is 3.59. The van der Waals surface area contributed by atoms with E-state index in [-0.39, 0.29) is 5.91 Å². The van der Waals surface area contributed by atoms with Crippen LogP contribution < -0.4 is 10.6 Å². The zero-order valence-electron chi connectivity index (χ0n) is 13.7. The molecule has 0 bridgehead atoms. The molecule has 3 rings (SSSR count). The molecule has 0 fully saturated rings. The molecule has 0 atom stereocenters. The summed E-state index contributed by atoms with van der Waals surface area (Å²) in [6, 6.07) is 22.6. The summed E-state index contributed by atoms with van der Waals surface area (Å²) in [5.74, 6) is -0.222. The van der Waals surface area contributed by atoms with Gasteiger partial charge in [0.15, 0.2) is 0 Å². The summed E-state index contributed by atoms with van der Waals surface area (Å²) in [7, 11) is 0. The molecule has 3 aromatic rings. The molecule has 0 spiro atoms. The zero-order valence-corrected chi connectivity index (χ0v) is 15.3. The van der Waals surface area contributed by atoms with E-state index in [0.29, 0.717) is 15.7 Å². The topological polar surface area (TPSA) is 41.1 Å². The van der Waals surface area contributed by atoms with E-state index in [1.165, 1.54) is 6.08 Å². The molecule has 0 aliphatic carbocycles. The van der Waals surface area contributed by atoms with E-state index in [4.69, 9.17) is 23.2 Å². The minimum Gasteiger partial charge on any atom is -0.356 e. The lowest BCUT2D eigenvalue weighted by Crippen LogP contribution is -2.07. The molecule has 0 aliphatic rings. The lowest BCUT2D eigenvalue weighted by atomic mass is 10.2. The van der Waals surface area contributed by atoms with Crippen molar-refractivity contribution >= 4 is 52.2 Å². The van der Waals surface area contributed by atoms with Crippen LogP contribution in [0.25, 0.3) is 6.08 Å². The normalized spacial score (nSPS) is 10.7. The smallest absolute Gasteiger partial charge is 0.248 e. The Morgan fingerprint density at radius 2 is 1.42 bits per heavy atom. The minimum absolute atomic E-state index is 0.222. The predicted octanol–water partition coefficient (Wildman–Crippen LogP) is 6.39. The number of benzene rings is 3. The van der Waals surface area contributed by atoms with Crippen LogP contribution in [0.4, 0.5) is 17.1 Å². The van der Waals surface area contributed by atoms with Crippen LogP contribution in [0.2, 0.25) is 10.0 Å². The van der Waals surface area contributed by atoms with Gasteiger partial charge in [-0.1, -0.05) is 47.5 Å². The number of anilines is 3. The number of halogens is 2. The minimum atomic E-state index is -0.222. The Hall–Kier alpha value is -2.75. The van der Waals surface area contributed by atoms with Gasteiger partial charge in [-0.15, -0.1) is 0 Å². The number of carbonyl (C=O) groups excluding carboxylic acids is 1. The van der Waals surface area contributed by atoms with Crippen molar-refractivity contribution in [3.05, 3.63) is 94.5 Å². The van der Waals surface area contributed by atoms with Crippen LogP contribution >= 0.6 is 23.2 Å². The van der Waals surface area contributed by atoms with E-state index < -0.39 is 0 Å². The van der Waals surface area contributed by atoms with E-state index in [1.807, 2.05) is 54.6 Å². The number of para-hydroxylation sites is 1. The van der Waals surface area contributed by atoms with Crippen LogP contribution in [0.5, 0.6) is 0 Å². The van der Waals surface area contributed by atoms with Gasteiger partial charge in [-0.05, 0) is 60.2 Å². The van der Waals surface area contributed by atoms with Gasteiger partial charge in [0.2, 0.25) is 5.91 Å². The Kier molecular flexibility index (Phi) is 5.95. The lowest BCUT2D eigenvalue weighted by molar-refractivity contribution is -0.111. The molecule has 26 heavy (non-hydrogen) atoms. The van der Waals surface area contributed by atoms with E-state index in [2.05, 4.69) is 10.6 Å². The Labute approximate surface area is 162 Å². The monoisotopic (exact) mass is 382 g/mol. The van der Waals surface area contributed by atoms with Crippen LogP contribution in [0.1, 0.15) is 5.56 Å². The van der Waals surface area contributed by atoms with Crippen LogP contribution in [-0.4, -0.2) is 5.91 Å². The van der Waals surface area contributed by atoms with Gasteiger partial charge in [0.25, 0.3) is 0 Å². The first-order chi connectivity index (χ1) is 12.6. The molecule has 0 heterocycles. The first-order valence-corrected chi connectivity index (χ1v) is 8.72. The standard InChI is InChI=1S/C21H16Cl2N2O/c22-19-12-6-15(14-20(19)23)7-13-21(26)25-18-10-8-17(9-11-18)24-16-4-2-1-3-5-16/h1-14,24H,(H,25,26). The summed E-state index contributed by atoms with van der Waals surface area (Å²) in [6.45, 7) is 0. The number of carbonyl (C=O) groups is 1. The summed E-state index contributed by atoms with van der Waals surface area (Å²) >= 11 is 11.8. The van der Waals surface area contributed by atoms with Gasteiger partial charge in [-0.2, -0.15) is 0 Å². The molecular weight excluding hydrogens is 367 g/mol. The van der Waals surface area contributed by atoms with Crippen LogP contribution in [0, 0.1) is 0 Å². The van der Waals surface area contributed by atoms with Gasteiger partial charge in [-0.25, -0.2) is 0 Å². The third kappa shape index (κ3) is 5.12. The second kappa shape index (κ2) is 8.56. The van der Waals surface area contributed by atoms with Crippen molar-refractivity contribution in [3.8, 4) is 0 Å². The molecule has 0 saturated heterocycles. The van der Waals surface area contributed by atoms with Crippen molar-refractivity contribution in [2.45, 2.75) is 0 Å². The molecule has 0 radical (unpaired) electrons. The Bertz CT molecular complexity index is 923. The van der Waals surface area contributed by atoms with Gasteiger partial charge in [-0.3, -0.25) is 4.79 Å². The number of rotatable bonds is 5. The first kappa shape index (κ1) is 18.1. The highest BCUT2D eigenvalue weighted by molar-refractivity contribution is 6.42. The van der Waals surface area contributed by atoms with E-state index >= 15 is 0 Å². The molecule has 1 amide bonds. The molecule has 0 aliphatic heterocycles. The average Bonchev–Trinajstić information content (AvgIpc) is 2.65. The summed E-state index contributed by atoms with van der Waals surface area (Å²) < 4.78 is 0. The Balaban J connectivity index is 1.58. The molecular formula is C21H16Cl2N2O. The maximum absolute atomic E-state index is 12.0. The zero-order chi connectivity index (χ0) is 18.4. The summed E-state index contributed by atoms with van der Waals surface area (Å²) in [6.07, 6.45) is 3.14. The fourth-order valence-corrected chi connectivity index (χ4v) is 2.60. The number of amides is 1. The highest BCUT2D eigenvalue weighted by atomic mass is 35.5. The van der Waals surface area contributed by atoms with Gasteiger partial charge in [0.1, 0.15) is 0 Å². The number of nitrogens with one attached hydrogen (secondary N) is 2. The van der Waals surface area contributed by atoms with E-state index in [0.717, 1.165) is 16.9 Å². The second-order valence-electron chi connectivity index (χ2n) is 5.56.